The zero-order valence-electron chi connectivity index (χ0n) is 14.3. The lowest BCUT2D eigenvalue weighted by atomic mass is 9.73. The van der Waals surface area contributed by atoms with Gasteiger partial charge in [0, 0.05) is 36.9 Å². The number of hydrogen-bond acceptors (Lipinski definition) is 5. The first-order valence-corrected chi connectivity index (χ1v) is 9.05. The number of ether oxygens (including phenoxy) is 1. The summed E-state index contributed by atoms with van der Waals surface area (Å²) in [5.41, 5.74) is 2.87. The monoisotopic (exact) mass is 316 g/mol. The summed E-state index contributed by atoms with van der Waals surface area (Å²) >= 11 is 0. The molecule has 126 valence electrons. The molecule has 5 nitrogen and oxygen atoms in total. The van der Waals surface area contributed by atoms with Gasteiger partial charge in [-0.1, -0.05) is 20.3 Å². The van der Waals surface area contributed by atoms with Crippen LogP contribution in [0.1, 0.15) is 56.8 Å². The molecule has 2 heterocycles. The number of nitrogens with one attached hydrogen (secondary N) is 1. The van der Waals surface area contributed by atoms with Crippen LogP contribution >= 0.6 is 0 Å². The number of aromatic nitrogens is 2. The third-order valence-corrected chi connectivity index (χ3v) is 5.50. The van der Waals surface area contributed by atoms with Gasteiger partial charge < -0.3 is 15.0 Å². The van der Waals surface area contributed by atoms with E-state index in [0.717, 1.165) is 38.7 Å². The summed E-state index contributed by atoms with van der Waals surface area (Å²) < 4.78 is 5.44. The van der Waals surface area contributed by atoms with Crippen LogP contribution in [0.3, 0.4) is 0 Å². The van der Waals surface area contributed by atoms with Crippen LogP contribution in [-0.2, 0) is 11.2 Å². The smallest absolute Gasteiger partial charge is 0.225 e. The highest BCUT2D eigenvalue weighted by Crippen LogP contribution is 2.41. The fraction of sp³-hybridized carbons (Fsp3) is 0.778. The predicted molar refractivity (Wildman–Crippen MR) is 90.7 cm³/mol. The Labute approximate surface area is 138 Å². The van der Waals surface area contributed by atoms with E-state index in [2.05, 4.69) is 35.2 Å². The Morgan fingerprint density at radius 1 is 1.26 bits per heavy atom. The molecule has 3 aliphatic rings. The van der Waals surface area contributed by atoms with E-state index in [-0.39, 0.29) is 0 Å². The van der Waals surface area contributed by atoms with Crippen LogP contribution in [-0.4, -0.2) is 42.3 Å². The minimum atomic E-state index is 0.297. The fourth-order valence-corrected chi connectivity index (χ4v) is 3.96. The number of nitrogens with zero attached hydrogens (tertiary/aromatic N) is 3. The molecule has 0 radical (unpaired) electrons. The molecule has 1 unspecified atom stereocenters. The van der Waals surface area contributed by atoms with Gasteiger partial charge in [0.2, 0.25) is 5.95 Å². The number of hydrogen-bond donors (Lipinski definition) is 1. The summed E-state index contributed by atoms with van der Waals surface area (Å²) in [5, 5.41) is 3.85. The minimum absolute atomic E-state index is 0.297. The summed E-state index contributed by atoms with van der Waals surface area (Å²) in [6, 6.07) is 1.11. The molecule has 5 heteroatoms. The van der Waals surface area contributed by atoms with Gasteiger partial charge in [-0.25, -0.2) is 9.97 Å². The number of rotatable bonds is 3. The van der Waals surface area contributed by atoms with Crippen molar-refractivity contribution in [2.24, 2.45) is 5.41 Å². The summed E-state index contributed by atoms with van der Waals surface area (Å²) in [6.45, 7) is 8.07. The summed E-state index contributed by atoms with van der Waals surface area (Å²) in [7, 11) is 0. The van der Waals surface area contributed by atoms with Gasteiger partial charge in [-0.3, -0.25) is 0 Å². The number of anilines is 1. The standard InChI is InChI=1S/C18H28N4O/c1-18(2)10-15(20-13-4-3-5-13)14-12-19-17(21-16(14)11-18)22-6-8-23-9-7-22/h12-13,15,20H,3-11H2,1-2H3. The molecule has 0 amide bonds. The van der Waals surface area contributed by atoms with Crippen LogP contribution in [0.4, 0.5) is 5.95 Å². The molecule has 0 aromatic carbocycles. The quantitative estimate of drug-likeness (QED) is 0.928. The lowest BCUT2D eigenvalue weighted by Crippen LogP contribution is -2.43. The van der Waals surface area contributed by atoms with E-state index in [9.17, 15) is 0 Å². The van der Waals surface area contributed by atoms with Gasteiger partial charge in [0.1, 0.15) is 0 Å². The van der Waals surface area contributed by atoms with Crippen LogP contribution in [0.15, 0.2) is 6.20 Å². The lowest BCUT2D eigenvalue weighted by molar-refractivity contribution is 0.122. The highest BCUT2D eigenvalue weighted by atomic mass is 16.5. The van der Waals surface area contributed by atoms with Crippen molar-refractivity contribution in [3.8, 4) is 0 Å². The summed E-state index contributed by atoms with van der Waals surface area (Å²) in [5.74, 6) is 0.882. The molecular weight excluding hydrogens is 288 g/mol. The Morgan fingerprint density at radius 2 is 2.04 bits per heavy atom. The third-order valence-electron chi connectivity index (χ3n) is 5.50. The normalized spacial score (nSPS) is 27.4. The highest BCUT2D eigenvalue weighted by Gasteiger charge is 2.35. The molecule has 1 aromatic rings. The molecule has 1 aliphatic heterocycles. The second-order valence-corrected chi connectivity index (χ2v) is 8.06. The number of morpholine rings is 1. The average Bonchev–Trinajstić information content (AvgIpc) is 2.50. The van der Waals surface area contributed by atoms with E-state index in [4.69, 9.17) is 9.72 Å². The Balaban J connectivity index is 1.59. The molecule has 0 bridgehead atoms. The summed E-state index contributed by atoms with van der Waals surface area (Å²) in [6.07, 6.45) is 8.31. The van der Waals surface area contributed by atoms with Gasteiger partial charge >= 0.3 is 0 Å². The third kappa shape index (κ3) is 3.22. The molecule has 1 atom stereocenters. The van der Waals surface area contributed by atoms with Crippen molar-refractivity contribution in [1.82, 2.24) is 15.3 Å². The minimum Gasteiger partial charge on any atom is -0.378 e. The van der Waals surface area contributed by atoms with Crippen molar-refractivity contribution in [2.75, 3.05) is 31.2 Å². The van der Waals surface area contributed by atoms with E-state index in [1.54, 1.807) is 0 Å². The first-order chi connectivity index (χ1) is 11.1. The topological polar surface area (TPSA) is 50.3 Å². The Hall–Kier alpha value is -1.20. The second kappa shape index (κ2) is 6.02. The Morgan fingerprint density at radius 3 is 2.74 bits per heavy atom. The zero-order valence-corrected chi connectivity index (χ0v) is 14.3. The van der Waals surface area contributed by atoms with Gasteiger partial charge in [0.15, 0.2) is 0 Å². The van der Waals surface area contributed by atoms with E-state index < -0.39 is 0 Å². The summed E-state index contributed by atoms with van der Waals surface area (Å²) in [4.78, 5) is 11.9. The maximum atomic E-state index is 5.44. The zero-order chi connectivity index (χ0) is 15.9. The second-order valence-electron chi connectivity index (χ2n) is 8.06. The van der Waals surface area contributed by atoms with Crippen LogP contribution in [0.2, 0.25) is 0 Å². The molecule has 1 saturated carbocycles. The van der Waals surface area contributed by atoms with Gasteiger partial charge in [0.05, 0.1) is 18.9 Å². The van der Waals surface area contributed by atoms with Crippen LogP contribution in [0.5, 0.6) is 0 Å². The molecule has 1 aromatic heterocycles. The van der Waals surface area contributed by atoms with Crippen molar-refractivity contribution in [3.05, 3.63) is 17.5 Å². The maximum Gasteiger partial charge on any atom is 0.225 e. The van der Waals surface area contributed by atoms with Crippen molar-refractivity contribution in [2.45, 2.75) is 58.0 Å². The number of fused-ring (bicyclic) bond motifs is 1. The largest absolute Gasteiger partial charge is 0.378 e. The van der Waals surface area contributed by atoms with Crippen LogP contribution in [0, 0.1) is 5.41 Å². The predicted octanol–water partition coefficient (Wildman–Crippen LogP) is 2.47. The van der Waals surface area contributed by atoms with E-state index in [1.807, 2.05) is 0 Å². The molecule has 1 saturated heterocycles. The van der Waals surface area contributed by atoms with Crippen molar-refractivity contribution in [1.29, 1.82) is 0 Å². The van der Waals surface area contributed by atoms with Gasteiger partial charge in [-0.2, -0.15) is 0 Å². The van der Waals surface area contributed by atoms with Crippen molar-refractivity contribution < 1.29 is 4.74 Å². The fourth-order valence-electron chi connectivity index (χ4n) is 3.96. The van der Waals surface area contributed by atoms with E-state index in [1.165, 1.54) is 36.9 Å². The highest BCUT2D eigenvalue weighted by molar-refractivity contribution is 5.36. The van der Waals surface area contributed by atoms with Gasteiger partial charge in [0.25, 0.3) is 0 Å². The molecule has 2 fully saturated rings. The first-order valence-electron chi connectivity index (χ1n) is 9.05. The first kappa shape index (κ1) is 15.3. The van der Waals surface area contributed by atoms with Gasteiger partial charge in [-0.15, -0.1) is 0 Å². The molecular formula is C18H28N4O. The van der Waals surface area contributed by atoms with E-state index >= 15 is 0 Å². The molecule has 2 aliphatic carbocycles. The molecule has 0 spiro atoms. The molecule has 1 N–H and O–H groups in total. The SMILES string of the molecule is CC1(C)Cc2nc(N3CCOCC3)ncc2C(NC2CCC2)C1. The van der Waals surface area contributed by atoms with Crippen molar-refractivity contribution in [3.63, 3.8) is 0 Å². The lowest BCUT2D eigenvalue weighted by Gasteiger charge is -2.40. The van der Waals surface area contributed by atoms with Gasteiger partial charge in [-0.05, 0) is 31.1 Å². The van der Waals surface area contributed by atoms with Crippen LogP contribution < -0.4 is 10.2 Å². The van der Waals surface area contributed by atoms with Crippen LogP contribution in [0.25, 0.3) is 0 Å². The van der Waals surface area contributed by atoms with Crippen molar-refractivity contribution >= 4 is 5.95 Å². The molecule has 23 heavy (non-hydrogen) atoms. The Bertz CT molecular complexity index is 564. The Kier molecular flexibility index (Phi) is 4.01. The molecule has 4 rings (SSSR count). The maximum absolute atomic E-state index is 5.44. The van der Waals surface area contributed by atoms with E-state index in [0.29, 0.717) is 17.5 Å². The average molecular weight is 316 g/mol.